The standard InChI is InChI=1S/3C10H15N.BH3O3/c3*1-3-11(4-2)10-8-6-5-7-9-10;2-1(3)4/h3*5-9H,3-4H2,1-2H3;2-4H. The van der Waals surface area contributed by atoms with Gasteiger partial charge in [0.1, 0.15) is 0 Å². The molecule has 3 aromatic rings. The zero-order valence-corrected chi connectivity index (χ0v) is 23.7. The minimum absolute atomic E-state index is 1.08. The number of rotatable bonds is 9. The summed E-state index contributed by atoms with van der Waals surface area (Å²) < 4.78 is 0. The summed E-state index contributed by atoms with van der Waals surface area (Å²) in [7, 11) is -2.17. The van der Waals surface area contributed by atoms with Gasteiger partial charge in [-0.25, -0.2) is 0 Å². The van der Waals surface area contributed by atoms with Crippen molar-refractivity contribution in [1.29, 1.82) is 0 Å². The number of anilines is 3. The summed E-state index contributed by atoms with van der Waals surface area (Å²) in [5.74, 6) is 0. The van der Waals surface area contributed by atoms with E-state index in [0.717, 1.165) is 39.3 Å². The Morgan fingerprint density at radius 2 is 0.568 bits per heavy atom. The van der Waals surface area contributed by atoms with E-state index in [1.54, 1.807) is 0 Å². The monoisotopic (exact) mass is 509 g/mol. The number of hydrogen-bond acceptors (Lipinski definition) is 6. The van der Waals surface area contributed by atoms with Crippen LogP contribution >= 0.6 is 0 Å². The SMILES string of the molecule is CCN(CC)c1ccccc1.CCN(CC)c1ccccc1.CCN(CC)c1ccccc1.OB(O)O. The highest BCUT2D eigenvalue weighted by atomic mass is 16.5. The smallest absolute Gasteiger partial charge is 0.402 e. The normalized spacial score (nSPS) is 9.32. The zero-order valence-electron chi connectivity index (χ0n) is 23.7. The highest BCUT2D eigenvalue weighted by Gasteiger charge is 1.99. The summed E-state index contributed by atoms with van der Waals surface area (Å²) in [4.78, 5) is 7.00. The highest BCUT2D eigenvalue weighted by molar-refractivity contribution is 6.30. The van der Waals surface area contributed by atoms with Gasteiger partial charge in [-0.15, -0.1) is 0 Å². The summed E-state index contributed by atoms with van der Waals surface area (Å²) >= 11 is 0. The molecule has 0 aliphatic heterocycles. The summed E-state index contributed by atoms with van der Waals surface area (Å²) in [5.41, 5.74) is 3.95. The molecule has 3 N–H and O–H groups in total. The molecule has 0 amide bonds. The summed E-state index contributed by atoms with van der Waals surface area (Å²) in [6.45, 7) is 19.6. The topological polar surface area (TPSA) is 70.4 Å². The van der Waals surface area contributed by atoms with Gasteiger partial charge in [-0.05, 0) is 77.9 Å². The molecule has 7 heteroatoms. The lowest BCUT2D eigenvalue weighted by molar-refractivity contribution is 0.278. The third kappa shape index (κ3) is 15.7. The number of para-hydroxylation sites is 3. The lowest BCUT2D eigenvalue weighted by Crippen LogP contribution is -2.21. The Labute approximate surface area is 226 Å². The second kappa shape index (κ2) is 22.2. The van der Waals surface area contributed by atoms with E-state index in [2.05, 4.69) is 129 Å². The molecule has 0 saturated heterocycles. The average molecular weight is 510 g/mol. The minimum atomic E-state index is -2.17. The van der Waals surface area contributed by atoms with E-state index in [1.165, 1.54) is 17.1 Å². The third-order valence-electron chi connectivity index (χ3n) is 5.65. The van der Waals surface area contributed by atoms with Crippen LogP contribution in [0.25, 0.3) is 0 Å². The maximum absolute atomic E-state index is 7.17. The van der Waals surface area contributed by atoms with Crippen molar-refractivity contribution in [1.82, 2.24) is 0 Å². The maximum atomic E-state index is 7.17. The van der Waals surface area contributed by atoms with Gasteiger partial charge in [0.25, 0.3) is 0 Å². The second-order valence-electron chi connectivity index (χ2n) is 7.87. The van der Waals surface area contributed by atoms with Crippen LogP contribution in [0.4, 0.5) is 17.1 Å². The number of nitrogens with zero attached hydrogens (tertiary/aromatic N) is 3. The number of hydrogen-bond donors (Lipinski definition) is 3. The molecule has 0 saturated carbocycles. The van der Waals surface area contributed by atoms with Crippen LogP contribution in [0.15, 0.2) is 91.0 Å². The van der Waals surface area contributed by atoms with E-state index in [1.807, 2.05) is 18.2 Å². The molecule has 0 aliphatic carbocycles. The van der Waals surface area contributed by atoms with Gasteiger partial charge in [0.15, 0.2) is 0 Å². The molecule has 0 unspecified atom stereocenters. The van der Waals surface area contributed by atoms with Gasteiger partial charge in [-0.1, -0.05) is 54.6 Å². The van der Waals surface area contributed by atoms with Crippen LogP contribution in [0, 0.1) is 0 Å². The Balaban J connectivity index is 0.000000490. The van der Waals surface area contributed by atoms with Crippen LogP contribution in [0.1, 0.15) is 41.5 Å². The van der Waals surface area contributed by atoms with E-state index >= 15 is 0 Å². The van der Waals surface area contributed by atoms with E-state index in [4.69, 9.17) is 15.1 Å². The first-order valence-electron chi connectivity index (χ1n) is 13.3. The Kier molecular flexibility index (Phi) is 20.4. The zero-order chi connectivity index (χ0) is 27.9. The fraction of sp³-hybridized carbons (Fsp3) is 0.400. The lowest BCUT2D eigenvalue weighted by Gasteiger charge is -2.20. The molecule has 6 nitrogen and oxygen atoms in total. The van der Waals surface area contributed by atoms with Crippen LogP contribution in [0.3, 0.4) is 0 Å². The van der Waals surface area contributed by atoms with Gasteiger partial charge in [0.2, 0.25) is 0 Å². The Hall–Kier alpha value is -3.00. The molecular weight excluding hydrogens is 461 g/mol. The van der Waals surface area contributed by atoms with Crippen molar-refractivity contribution in [3.8, 4) is 0 Å². The molecule has 3 aromatic carbocycles. The Morgan fingerprint density at radius 3 is 0.703 bits per heavy atom. The first-order valence-corrected chi connectivity index (χ1v) is 13.3. The highest BCUT2D eigenvalue weighted by Crippen LogP contribution is 2.13. The largest absolute Gasteiger partial charge is 0.631 e. The van der Waals surface area contributed by atoms with Crippen molar-refractivity contribution in [3.63, 3.8) is 0 Å². The van der Waals surface area contributed by atoms with Gasteiger partial charge in [-0.2, -0.15) is 0 Å². The van der Waals surface area contributed by atoms with Gasteiger partial charge in [-0.3, -0.25) is 0 Å². The maximum Gasteiger partial charge on any atom is 0.631 e. The number of benzene rings is 3. The van der Waals surface area contributed by atoms with Crippen LogP contribution in [0.5, 0.6) is 0 Å². The molecule has 37 heavy (non-hydrogen) atoms. The molecule has 0 spiro atoms. The van der Waals surface area contributed by atoms with Crippen molar-refractivity contribution in [2.75, 3.05) is 54.0 Å². The van der Waals surface area contributed by atoms with E-state index in [9.17, 15) is 0 Å². The van der Waals surface area contributed by atoms with E-state index in [0.29, 0.717) is 0 Å². The molecule has 0 heterocycles. The molecule has 0 fully saturated rings. The second-order valence-corrected chi connectivity index (χ2v) is 7.87. The molecule has 0 aromatic heterocycles. The van der Waals surface area contributed by atoms with Crippen molar-refractivity contribution in [2.45, 2.75) is 41.5 Å². The lowest BCUT2D eigenvalue weighted by atomic mass is 10.3. The van der Waals surface area contributed by atoms with Gasteiger partial charge >= 0.3 is 7.32 Å². The first kappa shape index (κ1) is 34.0. The van der Waals surface area contributed by atoms with Gasteiger partial charge < -0.3 is 29.8 Å². The van der Waals surface area contributed by atoms with Crippen molar-refractivity contribution in [2.24, 2.45) is 0 Å². The van der Waals surface area contributed by atoms with Crippen LogP contribution in [-0.4, -0.2) is 61.7 Å². The van der Waals surface area contributed by atoms with E-state index in [-0.39, 0.29) is 0 Å². The molecule has 3 rings (SSSR count). The Bertz CT molecular complexity index is 743. The van der Waals surface area contributed by atoms with Crippen molar-refractivity contribution >= 4 is 24.4 Å². The first-order chi connectivity index (χ1) is 17.9. The van der Waals surface area contributed by atoms with Gasteiger partial charge in [0.05, 0.1) is 0 Å². The third-order valence-corrected chi connectivity index (χ3v) is 5.65. The van der Waals surface area contributed by atoms with Crippen molar-refractivity contribution in [3.05, 3.63) is 91.0 Å². The molecule has 0 aliphatic rings. The molecule has 0 radical (unpaired) electrons. The summed E-state index contributed by atoms with van der Waals surface area (Å²) in [5, 5.41) is 21.5. The summed E-state index contributed by atoms with van der Waals surface area (Å²) in [6, 6.07) is 31.5. The van der Waals surface area contributed by atoms with Crippen molar-refractivity contribution < 1.29 is 15.1 Å². The average Bonchev–Trinajstić information content (AvgIpc) is 2.93. The summed E-state index contributed by atoms with van der Waals surface area (Å²) in [6.07, 6.45) is 0. The van der Waals surface area contributed by atoms with Crippen LogP contribution < -0.4 is 14.7 Å². The van der Waals surface area contributed by atoms with Gasteiger partial charge in [0, 0.05) is 56.3 Å². The predicted molar refractivity (Wildman–Crippen MR) is 162 cm³/mol. The van der Waals surface area contributed by atoms with Crippen LogP contribution in [-0.2, 0) is 0 Å². The fourth-order valence-corrected chi connectivity index (χ4v) is 3.68. The minimum Gasteiger partial charge on any atom is -0.402 e. The molecule has 204 valence electrons. The predicted octanol–water partition coefficient (Wildman–Crippen LogP) is 5.55. The molecule has 0 atom stereocenters. The fourth-order valence-electron chi connectivity index (χ4n) is 3.68. The van der Waals surface area contributed by atoms with Crippen LogP contribution in [0.2, 0.25) is 0 Å². The van der Waals surface area contributed by atoms with E-state index < -0.39 is 7.32 Å². The quantitative estimate of drug-likeness (QED) is 0.329. The Morgan fingerprint density at radius 1 is 0.405 bits per heavy atom. The molecular formula is C30H48BN3O3. The molecule has 0 bridgehead atoms.